The summed E-state index contributed by atoms with van der Waals surface area (Å²) in [4.78, 5) is 0. The lowest BCUT2D eigenvalue weighted by Gasteiger charge is -1.99. The molecule has 0 unspecified atom stereocenters. The quantitative estimate of drug-likeness (QED) is 0.500. The molecule has 0 radical (unpaired) electrons. The SMILES string of the molecule is C/C(=C/O)C(C)C. The van der Waals surface area contributed by atoms with Crippen molar-refractivity contribution in [3.8, 4) is 0 Å². The summed E-state index contributed by atoms with van der Waals surface area (Å²) in [7, 11) is 0. The number of hydrogen-bond acceptors (Lipinski definition) is 1. The summed E-state index contributed by atoms with van der Waals surface area (Å²) in [6.07, 6.45) is 1.16. The molecule has 0 aromatic carbocycles. The fourth-order valence-electron chi connectivity index (χ4n) is 0.149. The van der Waals surface area contributed by atoms with E-state index >= 15 is 0 Å². The Bertz CT molecular complexity index is 72.2. The number of hydrogen-bond donors (Lipinski definition) is 1. The highest BCUT2D eigenvalue weighted by atomic mass is 16.2. The van der Waals surface area contributed by atoms with Gasteiger partial charge in [0.25, 0.3) is 0 Å². The normalized spacial score (nSPS) is 12.9. The maximum absolute atomic E-state index is 8.34. The van der Waals surface area contributed by atoms with Crippen molar-refractivity contribution in [1.82, 2.24) is 0 Å². The minimum atomic E-state index is 0.477. The molecule has 0 spiro atoms. The van der Waals surface area contributed by atoms with Crippen LogP contribution in [0.15, 0.2) is 11.8 Å². The molecule has 0 atom stereocenters. The smallest absolute Gasteiger partial charge is 0.0783 e. The van der Waals surface area contributed by atoms with Crippen LogP contribution >= 0.6 is 0 Å². The lowest BCUT2D eigenvalue weighted by molar-refractivity contribution is 0.458. The van der Waals surface area contributed by atoms with Gasteiger partial charge in [0.05, 0.1) is 6.26 Å². The lowest BCUT2D eigenvalue weighted by Crippen LogP contribution is -1.86. The Labute approximate surface area is 44.7 Å². The van der Waals surface area contributed by atoms with Gasteiger partial charge in [-0.1, -0.05) is 13.8 Å². The summed E-state index contributed by atoms with van der Waals surface area (Å²) in [5, 5.41) is 8.34. The van der Waals surface area contributed by atoms with Crippen LogP contribution in [0.25, 0.3) is 0 Å². The number of allylic oxidation sites excluding steroid dienone is 1. The highest BCUT2D eigenvalue weighted by molar-refractivity contribution is 4.94. The second-order valence-corrected chi connectivity index (χ2v) is 2.03. The zero-order valence-electron chi connectivity index (χ0n) is 5.10. The average molecular weight is 100 g/mol. The van der Waals surface area contributed by atoms with Crippen molar-refractivity contribution >= 4 is 0 Å². The molecule has 1 heteroatoms. The zero-order valence-corrected chi connectivity index (χ0v) is 5.10. The highest BCUT2D eigenvalue weighted by Crippen LogP contribution is 2.04. The molecule has 1 N–H and O–H groups in total. The van der Waals surface area contributed by atoms with Crippen molar-refractivity contribution < 1.29 is 5.11 Å². The molecule has 0 aliphatic carbocycles. The minimum absolute atomic E-state index is 0.477. The van der Waals surface area contributed by atoms with E-state index < -0.39 is 0 Å². The van der Waals surface area contributed by atoms with Gasteiger partial charge in [-0.25, -0.2) is 0 Å². The predicted molar refractivity (Wildman–Crippen MR) is 31.2 cm³/mol. The van der Waals surface area contributed by atoms with Crippen molar-refractivity contribution in [3.63, 3.8) is 0 Å². The Morgan fingerprint density at radius 3 is 2.00 bits per heavy atom. The van der Waals surface area contributed by atoms with Crippen LogP contribution in [-0.2, 0) is 0 Å². The van der Waals surface area contributed by atoms with Crippen LogP contribution in [0.5, 0.6) is 0 Å². The molecule has 42 valence electrons. The molecule has 0 aliphatic heterocycles. The van der Waals surface area contributed by atoms with Crippen LogP contribution in [0.3, 0.4) is 0 Å². The molecule has 0 aromatic heterocycles. The molecular weight excluding hydrogens is 88.1 g/mol. The van der Waals surface area contributed by atoms with E-state index in [1.54, 1.807) is 0 Å². The van der Waals surface area contributed by atoms with E-state index in [9.17, 15) is 0 Å². The predicted octanol–water partition coefficient (Wildman–Crippen LogP) is 2.10. The van der Waals surface area contributed by atoms with E-state index in [4.69, 9.17) is 5.11 Å². The van der Waals surface area contributed by atoms with Crippen LogP contribution in [0.2, 0.25) is 0 Å². The summed E-state index contributed by atoms with van der Waals surface area (Å²) in [6.45, 7) is 5.99. The van der Waals surface area contributed by atoms with Crippen molar-refractivity contribution in [3.05, 3.63) is 11.8 Å². The van der Waals surface area contributed by atoms with Crippen molar-refractivity contribution in [2.75, 3.05) is 0 Å². The third-order valence-electron chi connectivity index (χ3n) is 1.11. The second-order valence-electron chi connectivity index (χ2n) is 2.03. The first kappa shape index (κ1) is 6.54. The summed E-state index contributed by atoms with van der Waals surface area (Å²) in [6, 6.07) is 0. The number of rotatable bonds is 1. The monoisotopic (exact) mass is 100 g/mol. The van der Waals surface area contributed by atoms with E-state index in [0.717, 1.165) is 11.8 Å². The van der Waals surface area contributed by atoms with Crippen molar-refractivity contribution in [2.45, 2.75) is 20.8 Å². The molecule has 0 amide bonds. The van der Waals surface area contributed by atoms with Gasteiger partial charge >= 0.3 is 0 Å². The molecule has 0 bridgehead atoms. The van der Waals surface area contributed by atoms with E-state index in [0.29, 0.717) is 5.92 Å². The molecule has 0 saturated heterocycles. The van der Waals surface area contributed by atoms with Gasteiger partial charge in [0, 0.05) is 0 Å². The molecule has 0 saturated carbocycles. The van der Waals surface area contributed by atoms with Crippen molar-refractivity contribution in [2.24, 2.45) is 5.92 Å². The maximum Gasteiger partial charge on any atom is 0.0783 e. The number of aliphatic hydroxyl groups is 1. The summed E-state index contributed by atoms with van der Waals surface area (Å²) >= 11 is 0. The molecule has 0 rings (SSSR count). The molecule has 7 heavy (non-hydrogen) atoms. The van der Waals surface area contributed by atoms with E-state index in [2.05, 4.69) is 0 Å². The Hall–Kier alpha value is -0.460. The third kappa shape index (κ3) is 2.26. The first-order valence-electron chi connectivity index (χ1n) is 2.49. The van der Waals surface area contributed by atoms with Gasteiger partial charge in [0.2, 0.25) is 0 Å². The number of aliphatic hydroxyl groups excluding tert-OH is 1. The van der Waals surface area contributed by atoms with Crippen LogP contribution in [0.1, 0.15) is 20.8 Å². The van der Waals surface area contributed by atoms with Gasteiger partial charge in [-0.15, -0.1) is 0 Å². The fraction of sp³-hybridized carbons (Fsp3) is 0.667. The molecule has 0 aliphatic rings. The summed E-state index contributed by atoms with van der Waals surface area (Å²) < 4.78 is 0. The molecule has 1 nitrogen and oxygen atoms in total. The van der Waals surface area contributed by atoms with Crippen LogP contribution in [-0.4, -0.2) is 5.11 Å². The minimum Gasteiger partial charge on any atom is -0.516 e. The molecular formula is C6H12O. The van der Waals surface area contributed by atoms with Crippen molar-refractivity contribution in [1.29, 1.82) is 0 Å². The maximum atomic E-state index is 8.34. The van der Waals surface area contributed by atoms with E-state index in [-0.39, 0.29) is 0 Å². The van der Waals surface area contributed by atoms with Gasteiger partial charge in [0.1, 0.15) is 0 Å². The molecule has 0 aromatic rings. The van der Waals surface area contributed by atoms with Crippen LogP contribution in [0, 0.1) is 5.92 Å². The van der Waals surface area contributed by atoms with Gasteiger partial charge in [-0.05, 0) is 18.4 Å². The Morgan fingerprint density at radius 1 is 1.57 bits per heavy atom. The van der Waals surface area contributed by atoms with Crippen LogP contribution in [0.4, 0.5) is 0 Å². The van der Waals surface area contributed by atoms with Gasteiger partial charge in [-0.3, -0.25) is 0 Å². The summed E-state index contributed by atoms with van der Waals surface area (Å²) in [5.74, 6) is 0.477. The first-order chi connectivity index (χ1) is 3.18. The first-order valence-corrected chi connectivity index (χ1v) is 2.49. The second kappa shape index (κ2) is 2.67. The topological polar surface area (TPSA) is 20.2 Å². The lowest BCUT2D eigenvalue weighted by atomic mass is 10.1. The van der Waals surface area contributed by atoms with Crippen LogP contribution < -0.4 is 0 Å². The molecule has 0 fully saturated rings. The van der Waals surface area contributed by atoms with Gasteiger partial charge < -0.3 is 5.11 Å². The largest absolute Gasteiger partial charge is 0.516 e. The van der Waals surface area contributed by atoms with E-state index in [1.807, 2.05) is 20.8 Å². The van der Waals surface area contributed by atoms with Gasteiger partial charge in [-0.2, -0.15) is 0 Å². The Balaban J connectivity index is 3.56. The Kier molecular flexibility index (Phi) is 2.49. The zero-order chi connectivity index (χ0) is 5.86. The average Bonchev–Trinajstić information content (AvgIpc) is 1.65. The molecule has 0 heterocycles. The van der Waals surface area contributed by atoms with E-state index in [1.165, 1.54) is 0 Å². The summed E-state index contributed by atoms with van der Waals surface area (Å²) in [5.41, 5.74) is 1.03. The fourth-order valence-corrected chi connectivity index (χ4v) is 0.149. The third-order valence-corrected chi connectivity index (χ3v) is 1.11. The standard InChI is InChI=1S/C6H12O/c1-5(2)6(3)4-7/h4-5,7H,1-3H3/b6-4-. The highest BCUT2D eigenvalue weighted by Gasteiger charge is 1.92. The van der Waals surface area contributed by atoms with Gasteiger partial charge in [0.15, 0.2) is 0 Å². The Morgan fingerprint density at radius 2 is 2.00 bits per heavy atom.